The fraction of sp³-hybridized carbons (Fsp3) is 0.364. The lowest BCUT2D eigenvalue weighted by Crippen LogP contribution is -2.26. The summed E-state index contributed by atoms with van der Waals surface area (Å²) in [6.07, 6.45) is 4.99. The number of sulfone groups is 1. The minimum absolute atomic E-state index is 0.0839. The lowest BCUT2D eigenvalue weighted by atomic mass is 9.90. The molecule has 0 bridgehead atoms. The molecule has 0 aliphatic carbocycles. The van der Waals surface area contributed by atoms with Crippen molar-refractivity contribution in [1.29, 1.82) is 0 Å². The van der Waals surface area contributed by atoms with Crippen LogP contribution in [0.2, 0.25) is 5.15 Å². The molecule has 0 saturated carbocycles. The molecule has 0 amide bonds. The van der Waals surface area contributed by atoms with E-state index in [-0.39, 0.29) is 23.0 Å². The molecule has 1 fully saturated rings. The minimum Gasteiger partial charge on any atom is -0.339 e. The zero-order valence-electron chi connectivity index (χ0n) is 17.3. The molecule has 0 spiro atoms. The second-order valence-corrected chi connectivity index (χ2v) is 10.6. The molecule has 1 aromatic carbocycles. The quantitative estimate of drug-likeness (QED) is 0.548. The summed E-state index contributed by atoms with van der Waals surface area (Å²) in [5, 5.41) is 7.90. The summed E-state index contributed by atoms with van der Waals surface area (Å²) in [7, 11) is -3.19. The largest absolute Gasteiger partial charge is 0.339 e. The number of pyridine rings is 2. The number of hydrogen-bond donors (Lipinski definition) is 2. The van der Waals surface area contributed by atoms with Crippen molar-refractivity contribution in [3.05, 3.63) is 63.7 Å². The third kappa shape index (κ3) is 5.26. The van der Waals surface area contributed by atoms with E-state index in [2.05, 4.69) is 27.8 Å². The maximum Gasteiger partial charge on any atom is 0.262 e. The SMILES string of the molecule is CS(=O)(=O)CCn1ccc2cc(Cl)nc(Nc3ccc(C4CCNCC4)cc3)c2c1=O. The Hall–Kier alpha value is -2.42. The van der Waals surface area contributed by atoms with Gasteiger partial charge in [0.2, 0.25) is 0 Å². The lowest BCUT2D eigenvalue weighted by molar-refractivity contribution is 0.460. The van der Waals surface area contributed by atoms with Crippen LogP contribution in [0.1, 0.15) is 24.3 Å². The number of hydrogen-bond acceptors (Lipinski definition) is 6. The Morgan fingerprint density at radius 3 is 2.58 bits per heavy atom. The average molecular weight is 461 g/mol. The predicted molar refractivity (Wildman–Crippen MR) is 125 cm³/mol. The minimum atomic E-state index is -3.19. The second kappa shape index (κ2) is 8.98. The third-order valence-electron chi connectivity index (χ3n) is 5.61. The van der Waals surface area contributed by atoms with Crippen molar-refractivity contribution in [1.82, 2.24) is 14.9 Å². The highest BCUT2D eigenvalue weighted by molar-refractivity contribution is 7.90. The van der Waals surface area contributed by atoms with Gasteiger partial charge in [-0.2, -0.15) is 0 Å². The van der Waals surface area contributed by atoms with Gasteiger partial charge in [-0.25, -0.2) is 13.4 Å². The highest BCUT2D eigenvalue weighted by Gasteiger charge is 2.16. The van der Waals surface area contributed by atoms with Gasteiger partial charge < -0.3 is 15.2 Å². The van der Waals surface area contributed by atoms with E-state index in [0.717, 1.165) is 37.9 Å². The van der Waals surface area contributed by atoms with E-state index in [9.17, 15) is 13.2 Å². The van der Waals surface area contributed by atoms with E-state index in [1.165, 1.54) is 10.1 Å². The number of halogens is 1. The number of anilines is 2. The Bertz CT molecular complexity index is 1250. The Morgan fingerprint density at radius 1 is 1.19 bits per heavy atom. The number of benzene rings is 1. The molecule has 0 atom stereocenters. The number of nitrogens with one attached hydrogen (secondary N) is 2. The maximum atomic E-state index is 13.1. The first-order chi connectivity index (χ1) is 14.8. The summed E-state index contributed by atoms with van der Waals surface area (Å²) >= 11 is 6.18. The first-order valence-corrected chi connectivity index (χ1v) is 12.7. The van der Waals surface area contributed by atoms with Gasteiger partial charge in [0.15, 0.2) is 0 Å². The van der Waals surface area contributed by atoms with Crippen LogP contribution in [0.15, 0.2) is 47.4 Å². The molecule has 2 N–H and O–H groups in total. The van der Waals surface area contributed by atoms with E-state index in [1.54, 1.807) is 18.3 Å². The average Bonchev–Trinajstić information content (AvgIpc) is 2.73. The molecule has 1 aliphatic rings. The predicted octanol–water partition coefficient (Wildman–Crippen LogP) is 3.31. The van der Waals surface area contributed by atoms with Gasteiger partial charge in [0.25, 0.3) is 5.56 Å². The van der Waals surface area contributed by atoms with Crippen molar-refractivity contribution in [3.8, 4) is 0 Å². The maximum absolute atomic E-state index is 13.1. The summed E-state index contributed by atoms with van der Waals surface area (Å²) in [4.78, 5) is 17.4. The van der Waals surface area contributed by atoms with Crippen LogP contribution in [-0.4, -0.2) is 43.1 Å². The molecule has 7 nitrogen and oxygen atoms in total. The van der Waals surface area contributed by atoms with Gasteiger partial charge in [0.1, 0.15) is 20.8 Å². The Kier molecular flexibility index (Phi) is 6.31. The van der Waals surface area contributed by atoms with Gasteiger partial charge in [-0.15, -0.1) is 0 Å². The summed E-state index contributed by atoms with van der Waals surface area (Å²) in [5.41, 5.74) is 1.80. The highest BCUT2D eigenvalue weighted by Crippen LogP contribution is 2.28. The van der Waals surface area contributed by atoms with Crippen molar-refractivity contribution in [2.45, 2.75) is 25.3 Å². The molecule has 3 heterocycles. The number of aryl methyl sites for hydroxylation is 1. The molecule has 3 aromatic rings. The van der Waals surface area contributed by atoms with Crippen molar-refractivity contribution in [2.75, 3.05) is 30.4 Å². The molecule has 0 radical (unpaired) electrons. The first kappa shape index (κ1) is 21.8. The van der Waals surface area contributed by atoms with Gasteiger partial charge in [0, 0.05) is 24.7 Å². The molecule has 1 aliphatic heterocycles. The van der Waals surface area contributed by atoms with E-state index < -0.39 is 9.84 Å². The number of nitrogens with zero attached hydrogens (tertiary/aromatic N) is 2. The van der Waals surface area contributed by atoms with Gasteiger partial charge in [-0.3, -0.25) is 4.79 Å². The Morgan fingerprint density at radius 2 is 1.90 bits per heavy atom. The van der Waals surface area contributed by atoms with Gasteiger partial charge >= 0.3 is 0 Å². The number of fused-ring (bicyclic) bond motifs is 1. The van der Waals surface area contributed by atoms with Crippen molar-refractivity contribution in [3.63, 3.8) is 0 Å². The molecular formula is C22H25ClN4O3S. The molecule has 164 valence electrons. The van der Waals surface area contributed by atoms with Crippen LogP contribution < -0.4 is 16.2 Å². The van der Waals surface area contributed by atoms with Crippen LogP contribution in [0.3, 0.4) is 0 Å². The fourth-order valence-corrected chi connectivity index (χ4v) is 4.66. The Balaban J connectivity index is 1.65. The van der Waals surface area contributed by atoms with Crippen molar-refractivity contribution in [2.24, 2.45) is 0 Å². The second-order valence-electron chi connectivity index (χ2n) is 7.97. The summed E-state index contributed by atoms with van der Waals surface area (Å²) < 4.78 is 24.4. The smallest absolute Gasteiger partial charge is 0.262 e. The zero-order valence-corrected chi connectivity index (χ0v) is 18.8. The molecule has 4 rings (SSSR count). The van der Waals surface area contributed by atoms with Crippen LogP contribution in [0.5, 0.6) is 0 Å². The van der Waals surface area contributed by atoms with Crippen LogP contribution in [0.25, 0.3) is 10.8 Å². The monoisotopic (exact) mass is 460 g/mol. The Labute approximate surface area is 186 Å². The molecule has 0 unspecified atom stereocenters. The molecule has 9 heteroatoms. The topological polar surface area (TPSA) is 93.1 Å². The zero-order chi connectivity index (χ0) is 22.0. The van der Waals surface area contributed by atoms with Gasteiger partial charge in [0.05, 0.1) is 11.1 Å². The van der Waals surface area contributed by atoms with E-state index in [0.29, 0.717) is 22.5 Å². The van der Waals surface area contributed by atoms with Gasteiger partial charge in [-0.1, -0.05) is 23.7 Å². The summed E-state index contributed by atoms with van der Waals surface area (Å²) in [5.74, 6) is 0.804. The highest BCUT2D eigenvalue weighted by atomic mass is 35.5. The van der Waals surface area contributed by atoms with Crippen molar-refractivity contribution < 1.29 is 8.42 Å². The normalized spacial score (nSPS) is 15.3. The third-order valence-corrected chi connectivity index (χ3v) is 6.73. The summed E-state index contributed by atoms with van der Waals surface area (Å²) in [6.45, 7) is 2.16. The van der Waals surface area contributed by atoms with E-state index in [1.807, 2.05) is 12.1 Å². The van der Waals surface area contributed by atoms with Crippen LogP contribution in [-0.2, 0) is 16.4 Å². The molecule has 1 saturated heterocycles. The standard InChI is InChI=1S/C22H25ClN4O3S/c1-31(29,30)13-12-27-11-8-17-14-19(23)26-21(20(17)22(27)28)25-18-4-2-15(3-5-18)16-6-9-24-10-7-16/h2-5,8,11,14,16,24H,6-7,9-10,12-13H2,1H3,(H,25,26). The first-order valence-electron chi connectivity index (χ1n) is 10.3. The lowest BCUT2D eigenvalue weighted by Gasteiger charge is -2.23. The summed E-state index contributed by atoms with van der Waals surface area (Å²) in [6, 6.07) is 11.6. The fourth-order valence-electron chi connectivity index (χ4n) is 3.93. The van der Waals surface area contributed by atoms with E-state index in [4.69, 9.17) is 11.6 Å². The number of aromatic nitrogens is 2. The molecular weight excluding hydrogens is 436 g/mol. The van der Waals surface area contributed by atoms with Gasteiger partial charge in [-0.05, 0) is 67.1 Å². The number of rotatable bonds is 6. The van der Waals surface area contributed by atoms with Crippen LogP contribution >= 0.6 is 11.6 Å². The number of piperidine rings is 1. The molecule has 31 heavy (non-hydrogen) atoms. The molecule has 2 aromatic heterocycles. The van der Waals surface area contributed by atoms with Crippen LogP contribution in [0, 0.1) is 0 Å². The van der Waals surface area contributed by atoms with Crippen LogP contribution in [0.4, 0.5) is 11.5 Å². The van der Waals surface area contributed by atoms with E-state index >= 15 is 0 Å². The van der Waals surface area contributed by atoms with Crippen molar-refractivity contribution >= 4 is 43.7 Å².